The zero-order valence-corrected chi connectivity index (χ0v) is 25.3. The molecule has 4 aromatic rings. The number of thiazole rings is 2. The van der Waals surface area contributed by atoms with Gasteiger partial charge in [0, 0.05) is 32.3 Å². The number of nitrogens with zero attached hydrogens (tertiary/aromatic N) is 2. The van der Waals surface area contributed by atoms with Crippen LogP contribution in [0.5, 0.6) is 0 Å². The average Bonchev–Trinajstić information content (AvgIpc) is 3.53. The van der Waals surface area contributed by atoms with Gasteiger partial charge in [0.1, 0.15) is 0 Å². The lowest BCUT2D eigenvalue weighted by atomic mass is 10.1. The molecule has 11 heteroatoms. The number of rotatable bonds is 5. The maximum atomic E-state index is 11.2. The predicted octanol–water partition coefficient (Wildman–Crippen LogP) is 7.76. The monoisotopic (exact) mass is 642 g/mol. The third kappa shape index (κ3) is 10.9. The second kappa shape index (κ2) is 15.8. The fourth-order valence-corrected chi connectivity index (χ4v) is 4.96. The van der Waals surface area contributed by atoms with Crippen molar-refractivity contribution in [1.29, 1.82) is 0 Å². The van der Waals surface area contributed by atoms with Gasteiger partial charge < -0.3 is 9.47 Å². The fourth-order valence-electron chi connectivity index (χ4n) is 2.75. The van der Waals surface area contributed by atoms with E-state index in [0.717, 1.165) is 36.1 Å². The minimum atomic E-state index is -0.293. The van der Waals surface area contributed by atoms with Crippen LogP contribution in [-0.2, 0) is 31.9 Å². The van der Waals surface area contributed by atoms with Gasteiger partial charge in [-0.25, -0.2) is 4.98 Å². The van der Waals surface area contributed by atoms with Crippen molar-refractivity contribution in [3.63, 3.8) is 0 Å². The van der Waals surface area contributed by atoms with Crippen molar-refractivity contribution in [2.45, 2.75) is 26.7 Å². The van der Waals surface area contributed by atoms with Crippen LogP contribution in [0, 0.1) is 13.8 Å². The van der Waals surface area contributed by atoms with Crippen molar-refractivity contribution >= 4 is 73.7 Å². The summed E-state index contributed by atoms with van der Waals surface area (Å²) in [5.41, 5.74) is 2.56. The molecule has 0 spiro atoms. The normalized spacial score (nSPS) is 9.92. The van der Waals surface area contributed by atoms with Gasteiger partial charge in [-0.2, -0.15) is 0 Å². The fraction of sp³-hybridized carbons (Fsp3) is 0.231. The highest BCUT2D eigenvalue weighted by atomic mass is 79.9. The number of methoxy groups -OCH3 is 2. The summed E-state index contributed by atoms with van der Waals surface area (Å²) in [5, 5.41) is 5.26. The summed E-state index contributed by atoms with van der Waals surface area (Å²) in [7, 11) is 2.72. The van der Waals surface area contributed by atoms with E-state index in [1.807, 2.05) is 49.7 Å². The van der Waals surface area contributed by atoms with Gasteiger partial charge in [0.15, 0.2) is 0 Å². The predicted molar refractivity (Wildman–Crippen MR) is 155 cm³/mol. The quantitative estimate of drug-likeness (QED) is 0.207. The largest absolute Gasteiger partial charge is 0.469 e. The van der Waals surface area contributed by atoms with Crippen LogP contribution in [0.15, 0.2) is 58.6 Å². The zero-order chi connectivity index (χ0) is 27.4. The molecule has 0 unspecified atom stereocenters. The molecule has 0 aliphatic heterocycles. The van der Waals surface area contributed by atoms with E-state index in [1.54, 1.807) is 41.0 Å². The number of hydrogen-bond donors (Lipinski definition) is 0. The molecule has 37 heavy (non-hydrogen) atoms. The second-order valence-corrected chi connectivity index (χ2v) is 11.4. The molecule has 0 N–H and O–H groups in total. The van der Waals surface area contributed by atoms with Crippen molar-refractivity contribution in [1.82, 2.24) is 9.97 Å². The highest BCUT2D eigenvalue weighted by Gasteiger charge is 2.10. The van der Waals surface area contributed by atoms with E-state index in [4.69, 9.17) is 23.2 Å². The first-order valence-electron chi connectivity index (χ1n) is 10.8. The Hall–Kier alpha value is -2.30. The Labute approximate surface area is 242 Å². The van der Waals surface area contributed by atoms with E-state index in [-0.39, 0.29) is 24.8 Å². The smallest absolute Gasteiger partial charge is 0.310 e. The van der Waals surface area contributed by atoms with Crippen LogP contribution in [0.25, 0.3) is 10.4 Å². The first-order valence-corrected chi connectivity index (χ1v) is 14.0. The maximum Gasteiger partial charge on any atom is 0.310 e. The molecule has 0 saturated carbocycles. The topological polar surface area (TPSA) is 78.4 Å². The van der Waals surface area contributed by atoms with Gasteiger partial charge in [-0.05, 0) is 48.7 Å². The van der Waals surface area contributed by atoms with Crippen LogP contribution in [0.3, 0.4) is 0 Å². The Kier molecular flexibility index (Phi) is 13.2. The zero-order valence-electron chi connectivity index (χ0n) is 20.6. The van der Waals surface area contributed by atoms with E-state index >= 15 is 0 Å². The molecule has 196 valence electrons. The van der Waals surface area contributed by atoms with E-state index in [0.29, 0.717) is 10.0 Å². The SMILES string of the molecule is COC(=O)Cc1ccc(-c2cnc(C)s2)cc1Cl.COC(=O)Cc1ccc(Br)cc1Cl.Cc1nccs1. The highest BCUT2D eigenvalue weighted by molar-refractivity contribution is 9.10. The van der Waals surface area contributed by atoms with Gasteiger partial charge in [-0.15, -0.1) is 22.7 Å². The standard InChI is InChI=1S/C13H12ClNO2S.C9H8BrClO2.C4H5NS/c1-8-15-7-12(18-8)10-4-3-9(11(14)5-10)6-13(16)17-2;1-13-9(12)4-6-2-3-7(10)5-8(6)11;1-4-5-2-3-6-4/h3-5,7H,6H2,1-2H3;2-3,5H,4H2,1H3;2-3H,1H3. The summed E-state index contributed by atoms with van der Waals surface area (Å²) >= 11 is 18.6. The van der Waals surface area contributed by atoms with Crippen molar-refractivity contribution in [3.8, 4) is 10.4 Å². The molecule has 0 amide bonds. The third-order valence-electron chi connectivity index (χ3n) is 4.65. The molecule has 0 saturated heterocycles. The summed E-state index contributed by atoms with van der Waals surface area (Å²) in [5.74, 6) is -0.581. The van der Waals surface area contributed by atoms with E-state index in [1.165, 1.54) is 14.2 Å². The number of aromatic nitrogens is 2. The van der Waals surface area contributed by atoms with E-state index in [9.17, 15) is 9.59 Å². The number of hydrogen-bond acceptors (Lipinski definition) is 8. The van der Waals surface area contributed by atoms with Crippen LogP contribution >= 0.6 is 61.8 Å². The maximum absolute atomic E-state index is 11.2. The lowest BCUT2D eigenvalue weighted by Crippen LogP contribution is -2.04. The Morgan fingerprint density at radius 1 is 0.892 bits per heavy atom. The molecule has 2 aromatic carbocycles. The van der Waals surface area contributed by atoms with Crippen LogP contribution in [0.4, 0.5) is 0 Å². The second-order valence-electron chi connectivity index (χ2n) is 7.34. The van der Waals surface area contributed by atoms with Crippen LogP contribution in [0.1, 0.15) is 21.1 Å². The molecule has 0 atom stereocenters. The van der Waals surface area contributed by atoms with Gasteiger partial charge in [0.05, 0.1) is 42.0 Å². The number of benzene rings is 2. The first-order chi connectivity index (χ1) is 17.6. The van der Waals surface area contributed by atoms with E-state index in [2.05, 4.69) is 35.4 Å². The van der Waals surface area contributed by atoms with Gasteiger partial charge in [-0.3, -0.25) is 14.6 Å². The summed E-state index contributed by atoms with van der Waals surface area (Å²) in [6, 6.07) is 11.0. The Morgan fingerprint density at radius 2 is 1.49 bits per heavy atom. The third-order valence-corrected chi connectivity index (χ3v) is 7.52. The summed E-state index contributed by atoms with van der Waals surface area (Å²) in [6.07, 6.45) is 4.03. The Balaban J connectivity index is 0.000000220. The Bertz CT molecular complexity index is 1310. The molecule has 0 fully saturated rings. The number of esters is 2. The molecule has 4 rings (SSSR count). The van der Waals surface area contributed by atoms with Crippen molar-refractivity contribution < 1.29 is 19.1 Å². The van der Waals surface area contributed by atoms with Crippen LogP contribution in [-0.4, -0.2) is 36.1 Å². The Morgan fingerprint density at radius 3 is 1.89 bits per heavy atom. The number of ether oxygens (including phenoxy) is 2. The molecular weight excluding hydrogens is 619 g/mol. The first kappa shape index (κ1) is 30.9. The van der Waals surface area contributed by atoms with Gasteiger partial charge in [-0.1, -0.05) is 57.3 Å². The number of halogens is 3. The summed E-state index contributed by atoms with van der Waals surface area (Å²) in [4.78, 5) is 31.3. The lowest BCUT2D eigenvalue weighted by Gasteiger charge is -2.05. The van der Waals surface area contributed by atoms with Crippen molar-refractivity contribution in [2.75, 3.05) is 14.2 Å². The molecule has 2 heterocycles. The molecule has 0 aliphatic rings. The highest BCUT2D eigenvalue weighted by Crippen LogP contribution is 2.29. The number of carbonyl (C=O) groups excluding carboxylic acids is 2. The molecule has 0 bridgehead atoms. The summed E-state index contributed by atoms with van der Waals surface area (Å²) in [6.45, 7) is 3.95. The van der Waals surface area contributed by atoms with Gasteiger partial charge >= 0.3 is 11.9 Å². The number of carbonyl (C=O) groups is 2. The van der Waals surface area contributed by atoms with Gasteiger partial charge in [0.25, 0.3) is 0 Å². The average molecular weight is 644 g/mol. The van der Waals surface area contributed by atoms with Crippen molar-refractivity contribution in [3.05, 3.63) is 89.8 Å². The van der Waals surface area contributed by atoms with Crippen LogP contribution < -0.4 is 0 Å². The van der Waals surface area contributed by atoms with Crippen LogP contribution in [0.2, 0.25) is 10.0 Å². The van der Waals surface area contributed by atoms with Crippen molar-refractivity contribution in [2.24, 2.45) is 0 Å². The molecule has 0 aliphatic carbocycles. The lowest BCUT2D eigenvalue weighted by molar-refractivity contribution is -0.140. The molecule has 6 nitrogen and oxygen atoms in total. The minimum absolute atomic E-state index is 0.192. The van der Waals surface area contributed by atoms with Gasteiger partial charge in [0.2, 0.25) is 0 Å². The number of aryl methyl sites for hydroxylation is 2. The molecule has 0 radical (unpaired) electrons. The molecular formula is C26H25BrCl2N2O4S2. The summed E-state index contributed by atoms with van der Waals surface area (Å²) < 4.78 is 10.0. The minimum Gasteiger partial charge on any atom is -0.469 e. The molecule has 2 aromatic heterocycles. The van der Waals surface area contributed by atoms with E-state index < -0.39 is 0 Å².